The summed E-state index contributed by atoms with van der Waals surface area (Å²) in [7, 11) is 1.58. The summed E-state index contributed by atoms with van der Waals surface area (Å²) in [5.41, 5.74) is 0.700. The second kappa shape index (κ2) is 4.69. The molecule has 0 bridgehead atoms. The monoisotopic (exact) mass is 268 g/mol. The average molecular weight is 269 g/mol. The molecule has 1 fully saturated rings. The van der Waals surface area contributed by atoms with Gasteiger partial charge in [0.05, 0.1) is 24.2 Å². The standard InChI is InChI=1S/C13H17ClN2O2/c1-13(2)8-16(7-12(17)15-13)9-4-5-11(18-3)10(14)6-9/h4-6H,7-8H2,1-3H3,(H,15,17). The summed E-state index contributed by atoms with van der Waals surface area (Å²) < 4.78 is 5.12. The minimum absolute atomic E-state index is 0.0261. The van der Waals surface area contributed by atoms with Crippen molar-refractivity contribution in [2.45, 2.75) is 19.4 Å². The van der Waals surface area contributed by atoms with E-state index in [4.69, 9.17) is 16.3 Å². The van der Waals surface area contributed by atoms with E-state index in [1.54, 1.807) is 7.11 Å². The van der Waals surface area contributed by atoms with Crippen LogP contribution in [-0.2, 0) is 4.79 Å². The van der Waals surface area contributed by atoms with Gasteiger partial charge in [0.15, 0.2) is 0 Å². The van der Waals surface area contributed by atoms with E-state index in [1.807, 2.05) is 36.9 Å². The van der Waals surface area contributed by atoms with Crippen molar-refractivity contribution < 1.29 is 9.53 Å². The molecule has 1 aliphatic rings. The lowest BCUT2D eigenvalue weighted by atomic mass is 10.0. The molecule has 1 aromatic rings. The van der Waals surface area contributed by atoms with Crippen molar-refractivity contribution in [2.75, 3.05) is 25.1 Å². The molecule has 1 heterocycles. The van der Waals surface area contributed by atoms with Gasteiger partial charge in [-0.25, -0.2) is 0 Å². The zero-order valence-corrected chi connectivity index (χ0v) is 11.5. The van der Waals surface area contributed by atoms with E-state index < -0.39 is 0 Å². The molecule has 0 unspecified atom stereocenters. The molecule has 1 amide bonds. The summed E-state index contributed by atoms with van der Waals surface area (Å²) >= 11 is 6.10. The Bertz CT molecular complexity index is 474. The molecule has 0 aliphatic carbocycles. The highest BCUT2D eigenvalue weighted by Gasteiger charge is 2.30. The molecule has 2 rings (SSSR count). The SMILES string of the molecule is COc1ccc(N2CC(=O)NC(C)(C)C2)cc1Cl. The molecule has 0 radical (unpaired) electrons. The van der Waals surface area contributed by atoms with E-state index in [2.05, 4.69) is 5.32 Å². The maximum Gasteiger partial charge on any atom is 0.239 e. The molecule has 1 saturated heterocycles. The lowest BCUT2D eigenvalue weighted by Crippen LogP contribution is -2.60. The van der Waals surface area contributed by atoms with E-state index >= 15 is 0 Å². The highest BCUT2D eigenvalue weighted by molar-refractivity contribution is 6.32. The first-order valence-corrected chi connectivity index (χ1v) is 6.18. The van der Waals surface area contributed by atoms with E-state index in [0.717, 1.165) is 12.2 Å². The summed E-state index contributed by atoms with van der Waals surface area (Å²) in [5.74, 6) is 0.666. The molecule has 1 aromatic carbocycles. The third kappa shape index (κ3) is 2.70. The lowest BCUT2D eigenvalue weighted by molar-refractivity contribution is -0.122. The van der Waals surface area contributed by atoms with Crippen molar-refractivity contribution in [3.05, 3.63) is 23.2 Å². The van der Waals surface area contributed by atoms with Gasteiger partial charge in [-0.05, 0) is 32.0 Å². The molecule has 0 saturated carbocycles. The van der Waals surface area contributed by atoms with Crippen LogP contribution >= 0.6 is 11.6 Å². The Labute approximate surface area is 112 Å². The summed E-state index contributed by atoms with van der Waals surface area (Å²) in [4.78, 5) is 13.7. The number of hydrogen-bond acceptors (Lipinski definition) is 3. The Morgan fingerprint density at radius 2 is 2.17 bits per heavy atom. The minimum Gasteiger partial charge on any atom is -0.495 e. The number of ether oxygens (including phenoxy) is 1. The number of nitrogens with zero attached hydrogens (tertiary/aromatic N) is 1. The van der Waals surface area contributed by atoms with E-state index in [-0.39, 0.29) is 11.4 Å². The van der Waals surface area contributed by atoms with Gasteiger partial charge in [0.1, 0.15) is 5.75 Å². The first-order valence-electron chi connectivity index (χ1n) is 5.81. The Morgan fingerprint density at radius 3 is 2.72 bits per heavy atom. The van der Waals surface area contributed by atoms with Gasteiger partial charge in [0.25, 0.3) is 0 Å². The number of rotatable bonds is 2. The van der Waals surface area contributed by atoms with Crippen LogP contribution in [0.4, 0.5) is 5.69 Å². The van der Waals surface area contributed by atoms with Gasteiger partial charge in [-0.1, -0.05) is 11.6 Å². The summed E-state index contributed by atoms with van der Waals surface area (Å²) in [6.07, 6.45) is 0. The van der Waals surface area contributed by atoms with Crippen LogP contribution in [0.5, 0.6) is 5.75 Å². The quantitative estimate of drug-likeness (QED) is 0.893. The Kier molecular flexibility index (Phi) is 3.39. The van der Waals surface area contributed by atoms with Crippen LogP contribution in [0.1, 0.15) is 13.8 Å². The molecular formula is C13H17ClN2O2. The van der Waals surface area contributed by atoms with Crippen molar-refractivity contribution in [1.82, 2.24) is 5.32 Å². The fourth-order valence-corrected chi connectivity index (χ4v) is 2.45. The minimum atomic E-state index is -0.234. The number of nitrogens with one attached hydrogen (secondary N) is 1. The summed E-state index contributed by atoms with van der Waals surface area (Å²) in [5, 5.41) is 3.51. The maximum absolute atomic E-state index is 11.7. The van der Waals surface area contributed by atoms with E-state index in [1.165, 1.54) is 0 Å². The van der Waals surface area contributed by atoms with Crippen LogP contribution in [0.3, 0.4) is 0 Å². The molecule has 4 nitrogen and oxygen atoms in total. The molecular weight excluding hydrogens is 252 g/mol. The highest BCUT2D eigenvalue weighted by Crippen LogP contribution is 2.30. The Hall–Kier alpha value is -1.42. The number of benzene rings is 1. The number of piperazine rings is 1. The Balaban J connectivity index is 2.26. The molecule has 0 aromatic heterocycles. The highest BCUT2D eigenvalue weighted by atomic mass is 35.5. The molecule has 0 spiro atoms. The van der Waals surface area contributed by atoms with Gasteiger partial charge in [-0.15, -0.1) is 0 Å². The third-order valence-corrected chi connectivity index (χ3v) is 3.19. The number of methoxy groups -OCH3 is 1. The van der Waals surface area contributed by atoms with Crippen LogP contribution in [0, 0.1) is 0 Å². The number of halogens is 1. The zero-order valence-electron chi connectivity index (χ0n) is 10.8. The lowest BCUT2D eigenvalue weighted by Gasteiger charge is -2.39. The van der Waals surface area contributed by atoms with Crippen LogP contribution in [0.2, 0.25) is 5.02 Å². The average Bonchev–Trinajstić information content (AvgIpc) is 2.26. The van der Waals surface area contributed by atoms with Crippen molar-refractivity contribution >= 4 is 23.2 Å². The number of carbonyl (C=O) groups is 1. The predicted molar refractivity (Wildman–Crippen MR) is 72.4 cm³/mol. The van der Waals surface area contributed by atoms with Crippen molar-refractivity contribution in [3.8, 4) is 5.75 Å². The molecule has 18 heavy (non-hydrogen) atoms. The number of carbonyl (C=O) groups excluding carboxylic acids is 1. The summed E-state index contributed by atoms with van der Waals surface area (Å²) in [6, 6.07) is 5.56. The molecule has 0 atom stereocenters. The van der Waals surface area contributed by atoms with Gasteiger partial charge >= 0.3 is 0 Å². The van der Waals surface area contributed by atoms with Crippen molar-refractivity contribution in [3.63, 3.8) is 0 Å². The molecule has 1 aliphatic heterocycles. The first-order chi connectivity index (χ1) is 8.41. The zero-order chi connectivity index (χ0) is 13.3. The second-order valence-corrected chi connectivity index (χ2v) is 5.51. The van der Waals surface area contributed by atoms with Gasteiger partial charge in [-0.3, -0.25) is 4.79 Å². The topological polar surface area (TPSA) is 41.6 Å². The predicted octanol–water partition coefficient (Wildman–Crippen LogP) is 2.06. The molecule has 98 valence electrons. The maximum atomic E-state index is 11.7. The Morgan fingerprint density at radius 1 is 1.44 bits per heavy atom. The number of amides is 1. The molecule has 1 N–H and O–H groups in total. The van der Waals surface area contributed by atoms with Crippen LogP contribution in [0.15, 0.2) is 18.2 Å². The number of anilines is 1. The van der Waals surface area contributed by atoms with Crippen LogP contribution in [-0.4, -0.2) is 31.6 Å². The van der Waals surface area contributed by atoms with Crippen LogP contribution in [0.25, 0.3) is 0 Å². The number of hydrogen-bond donors (Lipinski definition) is 1. The van der Waals surface area contributed by atoms with Gasteiger partial charge < -0.3 is 15.0 Å². The summed E-state index contributed by atoms with van der Waals surface area (Å²) in [6.45, 7) is 5.11. The molecule has 5 heteroatoms. The largest absolute Gasteiger partial charge is 0.495 e. The normalized spacial score (nSPS) is 18.4. The van der Waals surface area contributed by atoms with Crippen molar-refractivity contribution in [2.24, 2.45) is 0 Å². The second-order valence-electron chi connectivity index (χ2n) is 5.11. The first kappa shape index (κ1) is 13.0. The van der Waals surface area contributed by atoms with Gasteiger partial charge in [-0.2, -0.15) is 0 Å². The van der Waals surface area contributed by atoms with Gasteiger partial charge in [0.2, 0.25) is 5.91 Å². The van der Waals surface area contributed by atoms with Crippen molar-refractivity contribution in [1.29, 1.82) is 0 Å². The van der Waals surface area contributed by atoms with E-state index in [0.29, 0.717) is 17.3 Å². The van der Waals surface area contributed by atoms with Gasteiger partial charge in [0, 0.05) is 12.2 Å². The third-order valence-electron chi connectivity index (χ3n) is 2.90. The van der Waals surface area contributed by atoms with E-state index in [9.17, 15) is 4.79 Å². The van der Waals surface area contributed by atoms with Crippen LogP contribution < -0.4 is 15.0 Å². The smallest absolute Gasteiger partial charge is 0.239 e. The fourth-order valence-electron chi connectivity index (χ4n) is 2.20. The fraction of sp³-hybridized carbons (Fsp3) is 0.462.